The Hall–Kier alpha value is -7.74. The minimum atomic E-state index is -0.879. The molecular formula is C70H91N7O15. The largest absolute Gasteiger partial charge is 0.514 e. The van der Waals surface area contributed by atoms with Crippen LogP contribution < -0.4 is 25.3 Å². The number of nitriles is 2. The summed E-state index contributed by atoms with van der Waals surface area (Å²) in [7, 11) is 3.30. The van der Waals surface area contributed by atoms with Gasteiger partial charge in [0.15, 0.2) is 12.6 Å². The number of nitrogens with two attached hydrogens (primary N) is 1. The van der Waals surface area contributed by atoms with E-state index in [1.54, 1.807) is 14.2 Å². The molecule has 0 saturated carbocycles. The lowest BCUT2D eigenvalue weighted by atomic mass is 9.87. The number of nitrogens with zero attached hydrogens (tertiary/aromatic N) is 5. The molecule has 10 atom stereocenters. The number of nitrogens with one attached hydrogen (secondary N) is 1. The van der Waals surface area contributed by atoms with Gasteiger partial charge in [0.1, 0.15) is 29.5 Å². The second-order valence-corrected chi connectivity index (χ2v) is 25.4. The van der Waals surface area contributed by atoms with Gasteiger partial charge in [-0.1, -0.05) is 113 Å². The number of carbonyl (C=O) groups excluding carboxylic acids is 2. The summed E-state index contributed by atoms with van der Waals surface area (Å²) in [6.45, 7) is 13.9. The van der Waals surface area contributed by atoms with E-state index in [1.807, 2.05) is 109 Å². The summed E-state index contributed by atoms with van der Waals surface area (Å²) in [6, 6.07) is 44.5. The number of nitro benzene ring substituents is 1. The third-order valence-electron chi connectivity index (χ3n) is 16.8. The van der Waals surface area contributed by atoms with Crippen LogP contribution in [0.1, 0.15) is 88.5 Å². The summed E-state index contributed by atoms with van der Waals surface area (Å²) in [5.41, 5.74) is 10.4. The van der Waals surface area contributed by atoms with Gasteiger partial charge in [0.25, 0.3) is 5.69 Å². The normalized spacial score (nSPS) is 20.3. The van der Waals surface area contributed by atoms with Crippen molar-refractivity contribution >= 4 is 17.9 Å². The zero-order chi connectivity index (χ0) is 66.0. The summed E-state index contributed by atoms with van der Waals surface area (Å²) in [5.74, 6) is 1.86. The van der Waals surface area contributed by atoms with Crippen LogP contribution in [0.15, 0.2) is 133 Å². The Morgan fingerprint density at radius 1 is 0.641 bits per heavy atom. The van der Waals surface area contributed by atoms with Gasteiger partial charge in [-0.2, -0.15) is 10.5 Å². The number of hydrogen-bond donors (Lipinski definition) is 4. The van der Waals surface area contributed by atoms with Crippen LogP contribution in [0.3, 0.4) is 0 Å². The average Bonchev–Trinajstić information content (AvgIpc) is 1.93. The number of rotatable bonds is 29. The number of fused-ring (bicyclic) bond motifs is 2. The Bertz CT molecular complexity index is 3110. The van der Waals surface area contributed by atoms with Crippen molar-refractivity contribution in [2.75, 3.05) is 66.8 Å². The highest BCUT2D eigenvalue weighted by Crippen LogP contribution is 2.35. The number of non-ortho nitro benzene ring substituents is 1. The number of aliphatic hydroxyl groups is 2. The predicted molar refractivity (Wildman–Crippen MR) is 343 cm³/mol. The monoisotopic (exact) mass is 1270 g/mol. The van der Waals surface area contributed by atoms with Crippen molar-refractivity contribution in [3.63, 3.8) is 0 Å². The Morgan fingerprint density at radius 2 is 1.09 bits per heavy atom. The second-order valence-electron chi connectivity index (χ2n) is 25.4. The molecule has 0 aliphatic carbocycles. The number of hydrogen-bond acceptors (Lipinski definition) is 20. The highest BCUT2D eigenvalue weighted by atomic mass is 16.8. The molecule has 4 saturated heterocycles. The number of amides is 1. The Morgan fingerprint density at radius 3 is 1.54 bits per heavy atom. The molecule has 0 aromatic heterocycles. The van der Waals surface area contributed by atoms with Gasteiger partial charge in [-0.15, -0.1) is 0 Å². The number of benzene rings is 5. The van der Waals surface area contributed by atoms with E-state index in [4.69, 9.17) is 58.9 Å². The third-order valence-corrected chi connectivity index (χ3v) is 16.8. The van der Waals surface area contributed by atoms with Crippen molar-refractivity contribution in [2.24, 2.45) is 28.4 Å². The van der Waals surface area contributed by atoms with Crippen molar-refractivity contribution in [3.8, 4) is 29.4 Å². The van der Waals surface area contributed by atoms with Crippen molar-refractivity contribution in [1.82, 2.24) is 15.1 Å². The lowest BCUT2D eigenvalue weighted by molar-refractivity contribution is -0.384. The van der Waals surface area contributed by atoms with Crippen LogP contribution in [-0.2, 0) is 54.4 Å². The maximum atomic E-state index is 13.1. The van der Waals surface area contributed by atoms with Crippen LogP contribution in [0.2, 0.25) is 0 Å². The molecule has 5 aromatic carbocycles. The first kappa shape index (κ1) is 71.7. The molecule has 10 unspecified atom stereocenters. The fourth-order valence-electron chi connectivity index (χ4n) is 11.8. The maximum absolute atomic E-state index is 13.1. The Balaban J connectivity index is 0.000000207. The first-order valence-electron chi connectivity index (χ1n) is 31.4. The van der Waals surface area contributed by atoms with Gasteiger partial charge in [-0.05, 0) is 108 Å². The van der Waals surface area contributed by atoms with Gasteiger partial charge < -0.3 is 63.9 Å². The molecule has 9 rings (SSSR count). The number of aliphatic hydroxyl groups excluding tert-OH is 2. The molecule has 0 radical (unpaired) electrons. The molecule has 22 heteroatoms. The highest BCUT2D eigenvalue weighted by Gasteiger charge is 2.45. The Kier molecular flexibility index (Phi) is 28.0. The zero-order valence-corrected chi connectivity index (χ0v) is 53.7. The number of nitro groups is 1. The van der Waals surface area contributed by atoms with Crippen molar-refractivity contribution in [3.05, 3.63) is 166 Å². The third kappa shape index (κ3) is 23.4. The van der Waals surface area contributed by atoms with Crippen LogP contribution in [0, 0.1) is 55.4 Å². The van der Waals surface area contributed by atoms with Gasteiger partial charge in [0.2, 0.25) is 0 Å². The number of ether oxygens (including phenoxy) is 9. The van der Waals surface area contributed by atoms with E-state index in [1.165, 1.54) is 24.3 Å². The molecule has 4 heterocycles. The number of alkyl carbamates (subject to hydrolysis) is 1. The van der Waals surface area contributed by atoms with Crippen LogP contribution in [-0.4, -0.2) is 153 Å². The summed E-state index contributed by atoms with van der Waals surface area (Å²) < 4.78 is 48.4. The quantitative estimate of drug-likeness (QED) is 0.0150. The predicted octanol–water partition coefficient (Wildman–Crippen LogP) is 9.92. The van der Waals surface area contributed by atoms with E-state index >= 15 is 0 Å². The van der Waals surface area contributed by atoms with Gasteiger partial charge in [0, 0.05) is 70.3 Å². The summed E-state index contributed by atoms with van der Waals surface area (Å²) >= 11 is 0. The fraction of sp³-hybridized carbons (Fsp3) is 0.514. The smallest absolute Gasteiger partial charge is 0.497 e. The van der Waals surface area contributed by atoms with E-state index in [-0.39, 0.29) is 71.5 Å². The molecule has 496 valence electrons. The van der Waals surface area contributed by atoms with Crippen molar-refractivity contribution in [2.45, 2.75) is 141 Å². The molecule has 22 nitrogen and oxygen atoms in total. The molecule has 0 bridgehead atoms. The van der Waals surface area contributed by atoms with Gasteiger partial charge in [0.05, 0.1) is 87.8 Å². The molecular weight excluding hydrogens is 1180 g/mol. The van der Waals surface area contributed by atoms with Crippen LogP contribution >= 0.6 is 0 Å². The lowest BCUT2D eigenvalue weighted by Crippen LogP contribution is -2.51. The SMILES string of the molecule is COc1ccc(CN(CC(O)C(Cc2ccccc2)NC(=O)OC2COC3OCCC23)CC(C)(C)CCC#N)cc1.COc1ccc(CN(CC(O)C(N)Cc2ccccc2)CC(C)(C)CCC#N)cc1.O=C(Oc1ccc([N+](=O)[O-])cc1)OC1COC2OCCC12. The molecule has 5 N–H and O–H groups in total. The molecule has 4 fully saturated rings. The van der Waals surface area contributed by atoms with Gasteiger partial charge in [-0.3, -0.25) is 19.9 Å². The average molecular weight is 1270 g/mol. The zero-order valence-electron chi connectivity index (χ0n) is 53.7. The molecule has 5 aromatic rings. The standard InChI is InChI=1S/C32H43N3O6.C25H35N3O2.C13H13NO7/c1-32(2,15-7-16-33)22-35(19-24-10-12-25(38-3)13-11-24)20-28(36)27(18-23-8-5-4-6-9-23)34-31(37)41-29-21-40-30-26(29)14-17-39-30;1-25(2,14-7-15-26)19-28(17-21-10-12-22(30-3)13-11-21)18-24(29)23(27)16-20-8-5-4-6-9-20;15-13(20-9-3-1-8(2-4-9)14(16)17)21-11-7-19-12-10(11)5-6-18-12/h4-6,8-13,26-30,36H,7,14-15,17-22H2,1-3H3,(H,34,37);4-6,8-13,23-24,29H,7,14,16-19,27H2,1-3H3;1-4,10-12H,5-7H2. The van der Waals surface area contributed by atoms with E-state index in [0.29, 0.717) is 78.2 Å². The first-order chi connectivity index (χ1) is 44.2. The maximum Gasteiger partial charge on any atom is 0.514 e. The number of methoxy groups -OCH3 is 2. The van der Waals surface area contributed by atoms with Gasteiger partial charge >= 0.3 is 12.2 Å². The molecule has 4 aliphatic rings. The summed E-state index contributed by atoms with van der Waals surface area (Å²) in [6.07, 6.45) is 0.883. The van der Waals surface area contributed by atoms with E-state index < -0.39 is 35.4 Å². The van der Waals surface area contributed by atoms with Crippen molar-refractivity contribution < 1.29 is 67.4 Å². The van der Waals surface area contributed by atoms with Gasteiger partial charge in [-0.25, -0.2) is 9.59 Å². The summed E-state index contributed by atoms with van der Waals surface area (Å²) in [4.78, 5) is 39.2. The molecule has 4 aliphatic heterocycles. The van der Waals surface area contributed by atoms with Crippen LogP contribution in [0.4, 0.5) is 15.3 Å². The van der Waals surface area contributed by atoms with Crippen molar-refractivity contribution in [1.29, 1.82) is 10.5 Å². The topological polar surface area (TPSA) is 293 Å². The first-order valence-corrected chi connectivity index (χ1v) is 31.4. The van der Waals surface area contributed by atoms with E-state index in [9.17, 15) is 29.9 Å². The Labute approximate surface area is 540 Å². The van der Waals surface area contributed by atoms with Crippen LogP contribution in [0.5, 0.6) is 17.2 Å². The summed E-state index contributed by atoms with van der Waals surface area (Å²) in [5, 5.41) is 54.1. The number of carbonyl (C=O) groups is 2. The highest BCUT2D eigenvalue weighted by molar-refractivity contribution is 5.68. The molecule has 0 spiro atoms. The molecule has 1 amide bonds. The molecule has 92 heavy (non-hydrogen) atoms. The minimum absolute atomic E-state index is 0.0360. The van der Waals surface area contributed by atoms with E-state index in [0.717, 1.165) is 66.0 Å². The second kappa shape index (κ2) is 35.9. The minimum Gasteiger partial charge on any atom is -0.497 e. The fourth-order valence-corrected chi connectivity index (χ4v) is 11.8. The van der Waals surface area contributed by atoms with Crippen LogP contribution in [0.25, 0.3) is 0 Å². The van der Waals surface area contributed by atoms with E-state index in [2.05, 4.69) is 54.9 Å². The lowest BCUT2D eigenvalue weighted by Gasteiger charge is -2.35.